The number of hydrogen-bond donors (Lipinski definition) is 1. The highest BCUT2D eigenvalue weighted by Crippen LogP contribution is 2.23. The Morgan fingerprint density at radius 2 is 1.93 bits per heavy atom. The van der Waals surface area contributed by atoms with Gasteiger partial charge in [-0.15, -0.1) is 11.3 Å². The molecule has 0 bridgehead atoms. The van der Waals surface area contributed by atoms with Gasteiger partial charge in [0.1, 0.15) is 11.3 Å². The van der Waals surface area contributed by atoms with E-state index in [0.717, 1.165) is 15.8 Å². The monoisotopic (exact) mass is 399 g/mol. The summed E-state index contributed by atoms with van der Waals surface area (Å²) in [6.07, 6.45) is 0.0119. The number of esters is 1. The minimum atomic E-state index is -0.576. The van der Waals surface area contributed by atoms with Crippen LogP contribution >= 0.6 is 11.3 Å². The lowest BCUT2D eigenvalue weighted by atomic mass is 10.2. The highest BCUT2D eigenvalue weighted by molar-refractivity contribution is 7.14. The van der Waals surface area contributed by atoms with Crippen molar-refractivity contribution in [1.82, 2.24) is 5.32 Å². The van der Waals surface area contributed by atoms with Crippen molar-refractivity contribution in [2.75, 3.05) is 6.61 Å². The van der Waals surface area contributed by atoms with Gasteiger partial charge in [0, 0.05) is 16.7 Å². The number of fused-ring (bicyclic) bond motifs is 1. The molecule has 0 spiro atoms. The summed E-state index contributed by atoms with van der Waals surface area (Å²) in [6, 6.07) is 12.7. The standard InChI is InChI=1S/C21H21NO5S/c1-13-7-9-19(28-13)16(23)8-10-21(25)26-12-20(24)22-14(2)18-11-15-5-3-4-6-17(15)27-18/h3-7,9,11,14H,8,10,12H2,1-2H3,(H,22,24)/t14-/m1/s1. The van der Waals surface area contributed by atoms with Gasteiger partial charge in [-0.2, -0.15) is 0 Å². The van der Waals surface area contributed by atoms with Crippen LogP contribution in [0, 0.1) is 6.92 Å². The molecule has 0 saturated carbocycles. The summed E-state index contributed by atoms with van der Waals surface area (Å²) < 4.78 is 10.7. The van der Waals surface area contributed by atoms with E-state index in [1.807, 2.05) is 43.3 Å². The molecule has 1 atom stereocenters. The smallest absolute Gasteiger partial charge is 0.306 e. The first-order chi connectivity index (χ1) is 13.4. The van der Waals surface area contributed by atoms with E-state index in [0.29, 0.717) is 10.6 Å². The third-order valence-corrected chi connectivity index (χ3v) is 5.23. The highest BCUT2D eigenvalue weighted by Gasteiger charge is 2.16. The molecule has 1 N–H and O–H groups in total. The summed E-state index contributed by atoms with van der Waals surface area (Å²) >= 11 is 1.40. The van der Waals surface area contributed by atoms with Crippen molar-refractivity contribution < 1.29 is 23.5 Å². The van der Waals surface area contributed by atoms with Crippen LogP contribution in [-0.2, 0) is 14.3 Å². The second-order valence-electron chi connectivity index (χ2n) is 6.47. The van der Waals surface area contributed by atoms with Crippen molar-refractivity contribution in [3.05, 3.63) is 58.0 Å². The molecule has 146 valence electrons. The van der Waals surface area contributed by atoms with Crippen molar-refractivity contribution in [2.45, 2.75) is 32.7 Å². The SMILES string of the molecule is Cc1ccc(C(=O)CCC(=O)OCC(=O)N[C@H](C)c2cc3ccccc3o2)s1. The van der Waals surface area contributed by atoms with Crippen LogP contribution in [0.4, 0.5) is 0 Å². The van der Waals surface area contributed by atoms with Gasteiger partial charge in [0.15, 0.2) is 12.4 Å². The molecule has 3 rings (SSSR count). The molecule has 0 unspecified atom stereocenters. The van der Waals surface area contributed by atoms with Crippen molar-refractivity contribution in [3.63, 3.8) is 0 Å². The van der Waals surface area contributed by atoms with Crippen LogP contribution in [0.5, 0.6) is 0 Å². The number of Topliss-reactive ketones (excluding diaryl/α,β-unsaturated/α-hetero) is 1. The zero-order valence-corrected chi connectivity index (χ0v) is 16.5. The molecule has 0 aliphatic heterocycles. The molecular formula is C21H21NO5S. The first-order valence-corrected chi connectivity index (χ1v) is 9.77. The van der Waals surface area contributed by atoms with Crippen LogP contribution in [0.1, 0.15) is 46.1 Å². The second-order valence-corrected chi connectivity index (χ2v) is 7.76. The van der Waals surface area contributed by atoms with E-state index in [2.05, 4.69) is 5.32 Å². The van der Waals surface area contributed by atoms with Crippen LogP contribution in [0.2, 0.25) is 0 Å². The zero-order valence-electron chi connectivity index (χ0n) is 15.7. The Morgan fingerprint density at radius 3 is 2.64 bits per heavy atom. The highest BCUT2D eigenvalue weighted by atomic mass is 32.1. The third kappa shape index (κ3) is 5.07. The van der Waals surface area contributed by atoms with Crippen molar-refractivity contribution >= 4 is 40.0 Å². The molecule has 0 aliphatic carbocycles. The summed E-state index contributed by atoms with van der Waals surface area (Å²) in [5, 5.41) is 3.69. The lowest BCUT2D eigenvalue weighted by Crippen LogP contribution is -2.31. The number of amides is 1. The number of para-hydroxylation sites is 1. The predicted molar refractivity (Wildman–Crippen MR) is 106 cm³/mol. The van der Waals surface area contributed by atoms with Crippen molar-refractivity contribution in [2.24, 2.45) is 0 Å². The molecule has 7 heteroatoms. The van der Waals surface area contributed by atoms with Gasteiger partial charge in [0.2, 0.25) is 0 Å². The van der Waals surface area contributed by atoms with Crippen molar-refractivity contribution in [3.8, 4) is 0 Å². The van der Waals surface area contributed by atoms with Gasteiger partial charge in [0.05, 0.1) is 17.3 Å². The van der Waals surface area contributed by atoms with E-state index >= 15 is 0 Å². The largest absolute Gasteiger partial charge is 0.459 e. The number of aryl methyl sites for hydroxylation is 1. The molecule has 3 aromatic rings. The Kier molecular flexibility index (Phi) is 6.26. The van der Waals surface area contributed by atoms with Gasteiger partial charge < -0.3 is 14.5 Å². The molecule has 0 saturated heterocycles. The number of benzene rings is 1. The number of ether oxygens (including phenoxy) is 1. The third-order valence-electron chi connectivity index (χ3n) is 4.18. The van der Waals surface area contributed by atoms with Crippen LogP contribution in [0.25, 0.3) is 11.0 Å². The molecule has 0 aliphatic rings. The maximum Gasteiger partial charge on any atom is 0.306 e. The fourth-order valence-corrected chi connectivity index (χ4v) is 3.55. The fraction of sp³-hybridized carbons (Fsp3) is 0.286. The zero-order chi connectivity index (χ0) is 20.1. The number of furan rings is 1. The van der Waals surface area contributed by atoms with Gasteiger partial charge >= 0.3 is 5.97 Å². The minimum Gasteiger partial charge on any atom is -0.459 e. The first-order valence-electron chi connectivity index (χ1n) is 8.95. The van der Waals surface area contributed by atoms with E-state index in [4.69, 9.17) is 9.15 Å². The number of hydrogen-bond acceptors (Lipinski definition) is 6. The number of rotatable bonds is 8. The van der Waals surface area contributed by atoms with Gasteiger partial charge in [-0.05, 0) is 38.1 Å². The molecule has 1 amide bonds. The molecular weight excluding hydrogens is 378 g/mol. The van der Waals surface area contributed by atoms with Crippen LogP contribution in [-0.4, -0.2) is 24.3 Å². The number of thiophene rings is 1. The van der Waals surface area contributed by atoms with Gasteiger partial charge in [-0.25, -0.2) is 0 Å². The molecule has 2 heterocycles. The lowest BCUT2D eigenvalue weighted by molar-refractivity contribution is -0.148. The number of ketones is 1. The first kappa shape index (κ1) is 19.8. The van der Waals surface area contributed by atoms with E-state index in [1.54, 1.807) is 13.0 Å². The molecule has 2 aromatic heterocycles. The summed E-state index contributed by atoms with van der Waals surface area (Å²) in [5.74, 6) is -0.481. The second kappa shape index (κ2) is 8.84. The topological polar surface area (TPSA) is 85.6 Å². The Morgan fingerprint density at radius 1 is 1.14 bits per heavy atom. The average molecular weight is 399 g/mol. The van der Waals surface area contributed by atoms with Gasteiger partial charge in [0.25, 0.3) is 5.91 Å². The van der Waals surface area contributed by atoms with Crippen LogP contribution < -0.4 is 5.32 Å². The summed E-state index contributed by atoms with van der Waals surface area (Å²) in [6.45, 7) is 3.31. The maximum atomic E-state index is 12.0. The molecule has 0 radical (unpaired) electrons. The van der Waals surface area contributed by atoms with Crippen LogP contribution in [0.15, 0.2) is 46.9 Å². The number of nitrogens with one attached hydrogen (secondary N) is 1. The van der Waals surface area contributed by atoms with Crippen molar-refractivity contribution in [1.29, 1.82) is 0 Å². The van der Waals surface area contributed by atoms with E-state index in [9.17, 15) is 14.4 Å². The average Bonchev–Trinajstić information content (AvgIpc) is 3.30. The summed E-state index contributed by atoms with van der Waals surface area (Å²) in [4.78, 5) is 37.5. The molecule has 6 nitrogen and oxygen atoms in total. The molecule has 0 fully saturated rings. The van der Waals surface area contributed by atoms with E-state index < -0.39 is 18.5 Å². The minimum absolute atomic E-state index is 0.0534. The fourth-order valence-electron chi connectivity index (χ4n) is 2.71. The Balaban J connectivity index is 1.41. The van der Waals surface area contributed by atoms with E-state index in [-0.39, 0.29) is 24.7 Å². The predicted octanol–water partition coefficient (Wildman–Crippen LogP) is 4.19. The number of carbonyl (C=O) groups is 3. The Hall–Kier alpha value is -2.93. The summed E-state index contributed by atoms with van der Waals surface area (Å²) in [7, 11) is 0. The lowest BCUT2D eigenvalue weighted by Gasteiger charge is -2.11. The quantitative estimate of drug-likeness (QED) is 0.453. The maximum absolute atomic E-state index is 12.0. The Bertz CT molecular complexity index is 970. The van der Waals surface area contributed by atoms with Gasteiger partial charge in [-0.1, -0.05) is 18.2 Å². The van der Waals surface area contributed by atoms with Crippen LogP contribution in [0.3, 0.4) is 0 Å². The Labute approximate surface area is 166 Å². The number of carbonyl (C=O) groups excluding carboxylic acids is 3. The molecule has 1 aromatic carbocycles. The van der Waals surface area contributed by atoms with Gasteiger partial charge in [-0.3, -0.25) is 14.4 Å². The van der Waals surface area contributed by atoms with E-state index in [1.165, 1.54) is 11.3 Å². The normalized spacial score (nSPS) is 11.9. The molecule has 28 heavy (non-hydrogen) atoms. The summed E-state index contributed by atoms with van der Waals surface area (Å²) in [5.41, 5.74) is 0.746.